The van der Waals surface area contributed by atoms with E-state index in [0.717, 1.165) is 5.75 Å². The van der Waals surface area contributed by atoms with Crippen molar-refractivity contribution < 1.29 is 0 Å². The van der Waals surface area contributed by atoms with Crippen molar-refractivity contribution in [3.05, 3.63) is 24.4 Å². The van der Waals surface area contributed by atoms with Crippen LogP contribution in [-0.2, 0) is 0 Å². The van der Waals surface area contributed by atoms with Gasteiger partial charge in [0.2, 0.25) is 0 Å². The molecule has 0 radical (unpaired) electrons. The molecule has 0 aromatic heterocycles. The Labute approximate surface area is 58.7 Å². The van der Waals surface area contributed by atoms with Crippen LogP contribution in [0.4, 0.5) is 0 Å². The van der Waals surface area contributed by atoms with Gasteiger partial charge in [0.1, 0.15) is 0 Å². The minimum Gasteiger partial charge on any atom is -0.332 e. The summed E-state index contributed by atoms with van der Waals surface area (Å²) in [4.78, 5) is 0. The van der Waals surface area contributed by atoms with Crippen LogP contribution < -0.4 is 0 Å². The molecule has 0 saturated heterocycles. The van der Waals surface area contributed by atoms with Crippen molar-refractivity contribution >= 4 is 16.5 Å². The molecule has 1 aliphatic heterocycles. The smallest absolute Gasteiger partial charge is 0.0243 e. The summed E-state index contributed by atoms with van der Waals surface area (Å²) in [5.41, 5.74) is 0. The van der Waals surface area contributed by atoms with E-state index in [1.54, 1.807) is 0 Å². The first-order chi connectivity index (χ1) is 4.30. The van der Waals surface area contributed by atoms with Crippen LogP contribution in [0.2, 0.25) is 0 Å². The van der Waals surface area contributed by atoms with Crippen LogP contribution in [0.15, 0.2) is 24.4 Å². The Morgan fingerprint density at radius 3 is 3.11 bits per heavy atom. The van der Waals surface area contributed by atoms with Crippen LogP contribution in [0, 0.1) is 0 Å². The number of hydrogen-bond acceptors (Lipinski definition) is 1. The van der Waals surface area contributed by atoms with Gasteiger partial charge in [-0.2, -0.15) is 0 Å². The number of rotatable bonds is 0. The van der Waals surface area contributed by atoms with Gasteiger partial charge < -0.3 is 4.31 Å². The molecule has 0 fully saturated rings. The average Bonchev–Trinajstić information content (AvgIpc) is 1.99. The maximum Gasteiger partial charge on any atom is 0.0243 e. The summed E-state index contributed by atoms with van der Waals surface area (Å²) in [5.74, 6) is 5.06. The van der Waals surface area contributed by atoms with Crippen molar-refractivity contribution in [3.63, 3.8) is 0 Å². The van der Waals surface area contributed by atoms with E-state index in [2.05, 4.69) is 35.6 Å². The second-order valence-corrected chi connectivity index (χ2v) is 3.78. The molecule has 1 heterocycles. The maximum atomic E-state index is 3.99. The van der Waals surface area contributed by atoms with E-state index in [9.17, 15) is 0 Å². The molecule has 1 rings (SSSR count). The Bertz CT molecular complexity index is 170. The van der Waals surface area contributed by atoms with Crippen LogP contribution in [0.25, 0.3) is 0 Å². The fourth-order valence-corrected chi connectivity index (χ4v) is 1.43. The fourth-order valence-electron chi connectivity index (χ4n) is 0.620. The van der Waals surface area contributed by atoms with E-state index >= 15 is 0 Å². The van der Waals surface area contributed by atoms with Crippen molar-refractivity contribution in [1.82, 2.24) is 4.31 Å². The molecule has 1 aliphatic rings. The first-order valence-electron chi connectivity index (χ1n) is 2.87. The predicted molar refractivity (Wildman–Crippen MR) is 45.6 cm³/mol. The summed E-state index contributed by atoms with van der Waals surface area (Å²) in [6.45, 7) is 0. The van der Waals surface area contributed by atoms with Crippen molar-refractivity contribution in [2.45, 2.75) is 0 Å². The quantitative estimate of drug-likeness (QED) is 0.463. The SMILES string of the molecule is C=S1CC=CC=CN1C. The number of nitrogens with zero attached hydrogens (tertiary/aromatic N) is 1. The summed E-state index contributed by atoms with van der Waals surface area (Å²) >= 11 is 0. The lowest BCUT2D eigenvalue weighted by atomic mass is 10.5. The van der Waals surface area contributed by atoms with Crippen molar-refractivity contribution in [1.29, 1.82) is 0 Å². The van der Waals surface area contributed by atoms with Crippen LogP contribution in [0.1, 0.15) is 0 Å². The van der Waals surface area contributed by atoms with Crippen LogP contribution in [0.5, 0.6) is 0 Å². The maximum absolute atomic E-state index is 3.99. The highest BCUT2D eigenvalue weighted by Gasteiger charge is 1.93. The Hall–Kier alpha value is -0.500. The Morgan fingerprint density at radius 1 is 1.56 bits per heavy atom. The summed E-state index contributed by atoms with van der Waals surface area (Å²) in [7, 11) is 2.21. The van der Waals surface area contributed by atoms with Crippen molar-refractivity contribution in [2.24, 2.45) is 0 Å². The Morgan fingerprint density at radius 2 is 2.33 bits per heavy atom. The topological polar surface area (TPSA) is 3.24 Å². The Kier molecular flexibility index (Phi) is 2.11. The monoisotopic (exact) mass is 141 g/mol. The predicted octanol–water partition coefficient (Wildman–Crippen LogP) is 1.62. The normalized spacial score (nSPS) is 26.3. The minimum absolute atomic E-state index is 0.157. The molecule has 0 aromatic carbocycles. The third-order valence-electron chi connectivity index (χ3n) is 1.24. The number of hydrogen-bond donors (Lipinski definition) is 0. The van der Waals surface area contributed by atoms with Crippen molar-refractivity contribution in [3.8, 4) is 0 Å². The lowest BCUT2D eigenvalue weighted by Crippen LogP contribution is -2.01. The van der Waals surface area contributed by atoms with Gasteiger partial charge in [0.05, 0.1) is 0 Å². The van der Waals surface area contributed by atoms with Crippen LogP contribution in [-0.4, -0.2) is 23.0 Å². The highest BCUT2D eigenvalue weighted by Crippen LogP contribution is 2.16. The molecule has 1 nitrogen and oxygen atoms in total. The first kappa shape index (κ1) is 6.62. The fraction of sp³-hybridized carbons (Fsp3) is 0.286. The van der Waals surface area contributed by atoms with E-state index in [1.807, 2.05) is 6.08 Å². The zero-order valence-corrected chi connectivity index (χ0v) is 6.40. The lowest BCUT2D eigenvalue weighted by molar-refractivity contribution is 0.776. The second kappa shape index (κ2) is 2.87. The minimum atomic E-state index is 0.157. The highest BCUT2D eigenvalue weighted by atomic mass is 32.2. The summed E-state index contributed by atoms with van der Waals surface area (Å²) in [6, 6.07) is 0. The second-order valence-electron chi connectivity index (χ2n) is 1.94. The van der Waals surface area contributed by atoms with Gasteiger partial charge in [0.25, 0.3) is 0 Å². The Balaban J connectivity index is 2.69. The van der Waals surface area contributed by atoms with Gasteiger partial charge in [-0.1, -0.05) is 28.7 Å². The van der Waals surface area contributed by atoms with Crippen LogP contribution in [0.3, 0.4) is 0 Å². The van der Waals surface area contributed by atoms with Crippen LogP contribution >= 0.6 is 10.7 Å². The highest BCUT2D eigenvalue weighted by molar-refractivity contribution is 8.12. The molecule has 2 heteroatoms. The first-order valence-corrected chi connectivity index (χ1v) is 4.39. The van der Waals surface area contributed by atoms with E-state index in [1.165, 1.54) is 0 Å². The third kappa shape index (κ3) is 1.72. The molecule has 0 aliphatic carbocycles. The van der Waals surface area contributed by atoms with Gasteiger partial charge in [0, 0.05) is 19.0 Å². The van der Waals surface area contributed by atoms with Gasteiger partial charge in [-0.3, -0.25) is 0 Å². The molecule has 0 saturated carbocycles. The molecule has 0 aromatic rings. The molecule has 0 bridgehead atoms. The van der Waals surface area contributed by atoms with Gasteiger partial charge in [-0.05, 0) is 6.08 Å². The molecule has 0 spiro atoms. The molecular formula is C7H11NS. The van der Waals surface area contributed by atoms with Gasteiger partial charge in [-0.25, -0.2) is 0 Å². The molecule has 0 amide bonds. The lowest BCUT2D eigenvalue weighted by Gasteiger charge is -2.14. The standard InChI is InChI=1S/C7H11NS/c1-8-6-4-3-5-7-9(8)2/h3-6H,2,7H2,1H3. The van der Waals surface area contributed by atoms with E-state index in [4.69, 9.17) is 0 Å². The molecule has 50 valence electrons. The molecule has 0 N–H and O–H groups in total. The molecular weight excluding hydrogens is 130 g/mol. The summed E-state index contributed by atoms with van der Waals surface area (Å²) in [6.07, 6.45) is 8.31. The molecule has 1 unspecified atom stereocenters. The van der Waals surface area contributed by atoms with Crippen molar-refractivity contribution in [2.75, 3.05) is 12.8 Å². The summed E-state index contributed by atoms with van der Waals surface area (Å²) in [5, 5.41) is 0. The van der Waals surface area contributed by atoms with Gasteiger partial charge >= 0.3 is 0 Å². The molecule has 1 atom stereocenters. The zero-order valence-electron chi connectivity index (χ0n) is 5.58. The average molecular weight is 141 g/mol. The zero-order chi connectivity index (χ0) is 6.69. The largest absolute Gasteiger partial charge is 0.332 e. The third-order valence-corrected chi connectivity index (χ3v) is 2.75. The van der Waals surface area contributed by atoms with E-state index in [0.29, 0.717) is 0 Å². The van der Waals surface area contributed by atoms with Gasteiger partial charge in [0.15, 0.2) is 0 Å². The molecule has 9 heavy (non-hydrogen) atoms. The van der Waals surface area contributed by atoms with E-state index in [-0.39, 0.29) is 10.7 Å². The summed E-state index contributed by atoms with van der Waals surface area (Å²) < 4.78 is 2.14. The van der Waals surface area contributed by atoms with E-state index < -0.39 is 0 Å². The van der Waals surface area contributed by atoms with Gasteiger partial charge in [-0.15, -0.1) is 0 Å². The number of allylic oxidation sites excluding steroid dienone is 2.